The zero-order valence-corrected chi connectivity index (χ0v) is 23.6. The van der Waals surface area contributed by atoms with Gasteiger partial charge in [0.25, 0.3) is 0 Å². The van der Waals surface area contributed by atoms with Gasteiger partial charge in [0.1, 0.15) is 23.5 Å². The van der Waals surface area contributed by atoms with Gasteiger partial charge in [0.15, 0.2) is 0 Å². The van der Waals surface area contributed by atoms with Gasteiger partial charge in [-0.1, -0.05) is 27.7 Å². The third-order valence-electron chi connectivity index (χ3n) is 6.23. The molecule has 3 N–H and O–H groups in total. The van der Waals surface area contributed by atoms with E-state index in [0.29, 0.717) is 38.0 Å². The molecule has 0 spiro atoms. The van der Waals surface area contributed by atoms with E-state index in [-0.39, 0.29) is 35.5 Å². The summed E-state index contributed by atoms with van der Waals surface area (Å²) >= 11 is 0. The molecule has 0 saturated carbocycles. The van der Waals surface area contributed by atoms with Crippen LogP contribution in [0.1, 0.15) is 67.7 Å². The van der Waals surface area contributed by atoms with Crippen LogP contribution in [-0.2, 0) is 19.1 Å². The van der Waals surface area contributed by atoms with Gasteiger partial charge in [-0.05, 0) is 76.1 Å². The predicted molar refractivity (Wildman–Crippen MR) is 144 cm³/mol. The number of rotatable bonds is 9. The van der Waals surface area contributed by atoms with Gasteiger partial charge in [-0.3, -0.25) is 14.4 Å². The molecule has 1 fully saturated rings. The molecule has 38 heavy (non-hydrogen) atoms. The van der Waals surface area contributed by atoms with Crippen LogP contribution < -0.4 is 16.0 Å². The van der Waals surface area contributed by atoms with Crippen LogP contribution in [0.25, 0.3) is 0 Å². The maximum atomic E-state index is 13.2. The van der Waals surface area contributed by atoms with Gasteiger partial charge in [-0.25, -0.2) is 9.18 Å². The summed E-state index contributed by atoms with van der Waals surface area (Å²) in [5, 5.41) is 8.29. The zero-order valence-electron chi connectivity index (χ0n) is 23.6. The fraction of sp³-hybridized carbons (Fsp3) is 0.643. The average molecular weight is 535 g/mol. The molecule has 1 aliphatic rings. The van der Waals surface area contributed by atoms with Crippen molar-refractivity contribution in [2.45, 2.75) is 85.4 Å². The molecule has 9 nitrogen and oxygen atoms in total. The molecular weight excluding hydrogens is 491 g/mol. The molecule has 2 atom stereocenters. The van der Waals surface area contributed by atoms with Crippen molar-refractivity contribution in [2.24, 2.45) is 17.8 Å². The number of amides is 4. The molecule has 2 rings (SSSR count). The van der Waals surface area contributed by atoms with Gasteiger partial charge in [-0.2, -0.15) is 0 Å². The van der Waals surface area contributed by atoms with Crippen molar-refractivity contribution >= 4 is 29.5 Å². The number of nitrogens with zero attached hydrogens (tertiary/aromatic N) is 1. The standard InChI is InChI=1S/C28H43FN4O5/c1-17(2)16-22(31-27(37)38-28(5,6)7)26(36)33-14-12-19(13-15-33)24(34)32-23(18(3)4)25(35)30-21-10-8-20(29)9-11-21/h8-11,17-19,22-23H,12-16H2,1-7H3,(H,30,35)(H,31,37)(H,32,34). The van der Waals surface area contributed by atoms with Gasteiger partial charge in [0, 0.05) is 24.7 Å². The second-order valence-corrected chi connectivity index (χ2v) is 11.7. The smallest absolute Gasteiger partial charge is 0.408 e. The molecule has 1 saturated heterocycles. The fourth-order valence-electron chi connectivity index (χ4n) is 4.28. The lowest BCUT2D eigenvalue weighted by Crippen LogP contribution is -2.54. The fourth-order valence-corrected chi connectivity index (χ4v) is 4.28. The number of hydrogen-bond donors (Lipinski definition) is 3. The molecule has 2 unspecified atom stereocenters. The van der Waals surface area contributed by atoms with Gasteiger partial charge >= 0.3 is 6.09 Å². The highest BCUT2D eigenvalue weighted by atomic mass is 19.1. The minimum absolute atomic E-state index is 0.170. The molecule has 4 amide bonds. The van der Waals surface area contributed by atoms with Crippen molar-refractivity contribution < 1.29 is 28.3 Å². The molecule has 1 aromatic rings. The number of anilines is 1. The largest absolute Gasteiger partial charge is 0.444 e. The first kappa shape index (κ1) is 31.1. The van der Waals surface area contributed by atoms with E-state index in [0.717, 1.165) is 0 Å². The van der Waals surface area contributed by atoms with Gasteiger partial charge < -0.3 is 25.6 Å². The lowest BCUT2D eigenvalue weighted by molar-refractivity contribution is -0.138. The lowest BCUT2D eigenvalue weighted by Gasteiger charge is -2.35. The number of ether oxygens (including phenoxy) is 1. The molecule has 10 heteroatoms. The van der Waals surface area contributed by atoms with Gasteiger partial charge in [0.2, 0.25) is 17.7 Å². The highest BCUT2D eigenvalue weighted by molar-refractivity contribution is 5.97. The lowest BCUT2D eigenvalue weighted by atomic mass is 9.93. The monoisotopic (exact) mass is 534 g/mol. The number of halogens is 1. The van der Waals surface area contributed by atoms with Crippen LogP contribution in [-0.4, -0.2) is 59.5 Å². The van der Waals surface area contributed by atoms with E-state index in [1.54, 1.807) is 25.7 Å². The predicted octanol–water partition coefficient (Wildman–Crippen LogP) is 4.08. The minimum atomic E-state index is -0.763. The summed E-state index contributed by atoms with van der Waals surface area (Å²) in [5.41, 5.74) is -0.232. The van der Waals surface area contributed by atoms with Crippen LogP contribution in [0.15, 0.2) is 24.3 Å². The second-order valence-electron chi connectivity index (χ2n) is 11.7. The van der Waals surface area contributed by atoms with E-state index in [9.17, 15) is 23.6 Å². The molecule has 0 radical (unpaired) electrons. The van der Waals surface area contributed by atoms with Crippen LogP contribution in [0.4, 0.5) is 14.9 Å². The Morgan fingerprint density at radius 3 is 2.08 bits per heavy atom. The van der Waals surface area contributed by atoms with Crippen molar-refractivity contribution in [3.63, 3.8) is 0 Å². The van der Waals surface area contributed by atoms with E-state index in [1.165, 1.54) is 24.3 Å². The molecule has 212 valence electrons. The molecule has 1 aliphatic heterocycles. The minimum Gasteiger partial charge on any atom is -0.444 e. The summed E-state index contributed by atoms with van der Waals surface area (Å²) < 4.78 is 18.5. The van der Waals surface area contributed by atoms with E-state index >= 15 is 0 Å². The Kier molecular flexibility index (Phi) is 11.1. The first-order valence-electron chi connectivity index (χ1n) is 13.3. The number of nitrogens with one attached hydrogen (secondary N) is 3. The molecule has 0 bridgehead atoms. The van der Waals surface area contributed by atoms with Crippen molar-refractivity contribution in [1.29, 1.82) is 0 Å². The Bertz CT molecular complexity index is 966. The maximum Gasteiger partial charge on any atom is 0.408 e. The number of likely N-dealkylation sites (tertiary alicyclic amines) is 1. The van der Waals surface area contributed by atoms with Crippen LogP contribution in [0.3, 0.4) is 0 Å². The van der Waals surface area contributed by atoms with Crippen molar-refractivity contribution in [1.82, 2.24) is 15.5 Å². The summed E-state index contributed by atoms with van der Waals surface area (Å²) in [6.45, 7) is 13.7. The number of piperidine rings is 1. The van der Waals surface area contributed by atoms with Crippen LogP contribution in [0.2, 0.25) is 0 Å². The van der Waals surface area contributed by atoms with Gasteiger partial charge in [0.05, 0.1) is 0 Å². The summed E-state index contributed by atoms with van der Waals surface area (Å²) in [4.78, 5) is 53.1. The normalized spacial score (nSPS) is 16.1. The average Bonchev–Trinajstić information content (AvgIpc) is 2.81. The number of benzene rings is 1. The summed E-state index contributed by atoms with van der Waals surface area (Å²) in [7, 11) is 0. The first-order chi connectivity index (χ1) is 17.7. The molecule has 0 aromatic heterocycles. The highest BCUT2D eigenvalue weighted by Gasteiger charge is 2.34. The van der Waals surface area contributed by atoms with E-state index in [4.69, 9.17) is 4.74 Å². The maximum absolute atomic E-state index is 13.2. The Morgan fingerprint density at radius 2 is 1.58 bits per heavy atom. The highest BCUT2D eigenvalue weighted by Crippen LogP contribution is 2.21. The van der Waals surface area contributed by atoms with Crippen molar-refractivity contribution in [3.8, 4) is 0 Å². The Hall–Kier alpha value is -3.17. The Labute approximate surface area is 225 Å². The van der Waals surface area contributed by atoms with E-state index in [2.05, 4.69) is 16.0 Å². The van der Waals surface area contributed by atoms with E-state index < -0.39 is 29.6 Å². The number of alkyl carbamates (subject to hydrolysis) is 1. The third kappa shape index (κ3) is 9.95. The quantitative estimate of drug-likeness (QED) is 0.441. The molecule has 1 aromatic carbocycles. The first-order valence-corrected chi connectivity index (χ1v) is 13.3. The van der Waals surface area contributed by atoms with Gasteiger partial charge in [-0.15, -0.1) is 0 Å². The summed E-state index contributed by atoms with van der Waals surface area (Å²) in [6, 6.07) is 3.95. The number of hydrogen-bond acceptors (Lipinski definition) is 5. The molecular formula is C28H43FN4O5. The molecule has 1 heterocycles. The van der Waals surface area contributed by atoms with Crippen LogP contribution in [0.5, 0.6) is 0 Å². The topological polar surface area (TPSA) is 117 Å². The van der Waals surface area contributed by atoms with E-state index in [1.807, 2.05) is 27.7 Å². The Morgan fingerprint density at radius 1 is 1.00 bits per heavy atom. The van der Waals surface area contributed by atoms with Crippen LogP contribution in [0, 0.1) is 23.6 Å². The second kappa shape index (κ2) is 13.6. The summed E-state index contributed by atoms with van der Waals surface area (Å²) in [5.74, 6) is -1.55. The van der Waals surface area contributed by atoms with Crippen LogP contribution >= 0.6 is 0 Å². The van der Waals surface area contributed by atoms with Crippen molar-refractivity contribution in [2.75, 3.05) is 18.4 Å². The zero-order chi connectivity index (χ0) is 28.6. The van der Waals surface area contributed by atoms with Crippen molar-refractivity contribution in [3.05, 3.63) is 30.1 Å². The summed E-state index contributed by atoms with van der Waals surface area (Å²) in [6.07, 6.45) is 0.730. The molecule has 0 aliphatic carbocycles. The number of carbonyl (C=O) groups excluding carboxylic acids is 4. The third-order valence-corrected chi connectivity index (χ3v) is 6.23. The SMILES string of the molecule is CC(C)CC(NC(=O)OC(C)(C)C)C(=O)N1CCC(C(=O)NC(C(=O)Nc2ccc(F)cc2)C(C)C)CC1. The number of carbonyl (C=O) groups is 4. The Balaban J connectivity index is 1.95.